The molecule has 106 valence electrons. The predicted molar refractivity (Wildman–Crippen MR) is 77.0 cm³/mol. The van der Waals surface area contributed by atoms with Crippen molar-refractivity contribution in [2.24, 2.45) is 0 Å². The standard InChI is InChI=1S/C16H18FNO2/c17-14-6-8-15(9-7-14)18-10-16(19)12-20-11-13-4-2-1-3-5-13/h1-9,16,18-19H,10-12H2. The van der Waals surface area contributed by atoms with E-state index in [4.69, 9.17) is 4.74 Å². The van der Waals surface area contributed by atoms with Gasteiger partial charge < -0.3 is 15.2 Å². The number of hydrogen-bond donors (Lipinski definition) is 2. The zero-order valence-electron chi connectivity index (χ0n) is 11.1. The molecule has 1 unspecified atom stereocenters. The van der Waals surface area contributed by atoms with E-state index >= 15 is 0 Å². The van der Waals surface area contributed by atoms with Gasteiger partial charge >= 0.3 is 0 Å². The maximum Gasteiger partial charge on any atom is 0.123 e. The van der Waals surface area contributed by atoms with E-state index in [1.165, 1.54) is 12.1 Å². The minimum Gasteiger partial charge on any atom is -0.389 e. The van der Waals surface area contributed by atoms with E-state index in [1.54, 1.807) is 12.1 Å². The highest BCUT2D eigenvalue weighted by molar-refractivity contribution is 5.42. The number of ether oxygens (including phenoxy) is 1. The Morgan fingerprint density at radius 1 is 1.05 bits per heavy atom. The fraction of sp³-hybridized carbons (Fsp3) is 0.250. The van der Waals surface area contributed by atoms with Gasteiger partial charge in [-0.25, -0.2) is 4.39 Å². The van der Waals surface area contributed by atoms with E-state index in [2.05, 4.69) is 5.32 Å². The third kappa shape index (κ3) is 4.99. The average Bonchev–Trinajstić information content (AvgIpc) is 2.48. The van der Waals surface area contributed by atoms with Crippen LogP contribution in [0, 0.1) is 5.82 Å². The van der Waals surface area contributed by atoms with Crippen molar-refractivity contribution in [1.82, 2.24) is 0 Å². The third-order valence-corrected chi connectivity index (χ3v) is 2.81. The molecule has 2 N–H and O–H groups in total. The highest BCUT2D eigenvalue weighted by atomic mass is 19.1. The van der Waals surface area contributed by atoms with Crippen molar-refractivity contribution in [3.63, 3.8) is 0 Å². The van der Waals surface area contributed by atoms with Crippen molar-refractivity contribution in [1.29, 1.82) is 0 Å². The average molecular weight is 275 g/mol. The molecule has 0 aromatic heterocycles. The normalized spacial score (nSPS) is 12.1. The summed E-state index contributed by atoms with van der Waals surface area (Å²) in [7, 11) is 0. The number of halogens is 1. The Morgan fingerprint density at radius 2 is 1.75 bits per heavy atom. The number of nitrogens with one attached hydrogen (secondary N) is 1. The summed E-state index contributed by atoms with van der Waals surface area (Å²) in [6.45, 7) is 1.10. The van der Waals surface area contributed by atoms with Crippen LogP contribution in [-0.4, -0.2) is 24.4 Å². The Morgan fingerprint density at radius 3 is 2.45 bits per heavy atom. The summed E-state index contributed by atoms with van der Waals surface area (Å²) in [5.41, 5.74) is 1.85. The monoisotopic (exact) mass is 275 g/mol. The number of rotatable bonds is 7. The van der Waals surface area contributed by atoms with Crippen LogP contribution in [0.4, 0.5) is 10.1 Å². The van der Waals surface area contributed by atoms with Gasteiger partial charge in [-0.2, -0.15) is 0 Å². The largest absolute Gasteiger partial charge is 0.389 e. The van der Waals surface area contributed by atoms with Gasteiger partial charge in [0.05, 0.1) is 19.3 Å². The molecule has 0 fully saturated rings. The number of benzene rings is 2. The highest BCUT2D eigenvalue weighted by Crippen LogP contribution is 2.08. The minimum absolute atomic E-state index is 0.253. The lowest BCUT2D eigenvalue weighted by molar-refractivity contribution is 0.0348. The van der Waals surface area contributed by atoms with Crippen LogP contribution in [0.5, 0.6) is 0 Å². The van der Waals surface area contributed by atoms with E-state index in [-0.39, 0.29) is 12.4 Å². The van der Waals surface area contributed by atoms with Gasteiger partial charge in [-0.1, -0.05) is 30.3 Å². The Labute approximate surface area is 118 Å². The van der Waals surface area contributed by atoms with E-state index in [1.807, 2.05) is 30.3 Å². The number of anilines is 1. The van der Waals surface area contributed by atoms with Crippen molar-refractivity contribution in [3.8, 4) is 0 Å². The van der Waals surface area contributed by atoms with Crippen LogP contribution >= 0.6 is 0 Å². The zero-order chi connectivity index (χ0) is 14.2. The first-order chi connectivity index (χ1) is 9.74. The summed E-state index contributed by atoms with van der Waals surface area (Å²) in [5.74, 6) is -0.276. The van der Waals surface area contributed by atoms with E-state index < -0.39 is 6.10 Å². The molecule has 0 spiro atoms. The lowest BCUT2D eigenvalue weighted by Gasteiger charge is -2.13. The smallest absolute Gasteiger partial charge is 0.123 e. The maximum absolute atomic E-state index is 12.7. The molecule has 0 heterocycles. The number of aliphatic hydroxyl groups excluding tert-OH is 1. The van der Waals surface area contributed by atoms with Crippen molar-refractivity contribution in [2.75, 3.05) is 18.5 Å². The molecule has 1 atom stereocenters. The third-order valence-electron chi connectivity index (χ3n) is 2.81. The first kappa shape index (κ1) is 14.5. The molecule has 2 rings (SSSR count). The quantitative estimate of drug-likeness (QED) is 0.816. The summed E-state index contributed by atoms with van der Waals surface area (Å²) in [6, 6.07) is 15.8. The second-order valence-corrected chi connectivity index (χ2v) is 4.54. The lowest BCUT2D eigenvalue weighted by atomic mass is 10.2. The molecule has 3 nitrogen and oxygen atoms in total. The van der Waals surface area contributed by atoms with Crippen LogP contribution in [-0.2, 0) is 11.3 Å². The molecule has 0 aliphatic carbocycles. The van der Waals surface area contributed by atoms with Gasteiger partial charge in [0.15, 0.2) is 0 Å². The second-order valence-electron chi connectivity index (χ2n) is 4.54. The summed E-state index contributed by atoms with van der Waals surface area (Å²) in [6.07, 6.45) is -0.608. The van der Waals surface area contributed by atoms with Crippen LogP contribution in [0.15, 0.2) is 54.6 Å². The molecule has 0 radical (unpaired) electrons. The predicted octanol–water partition coefficient (Wildman–Crippen LogP) is 2.82. The fourth-order valence-corrected chi connectivity index (χ4v) is 1.75. The summed E-state index contributed by atoms with van der Waals surface area (Å²) < 4.78 is 18.2. The molecule has 0 bridgehead atoms. The van der Waals surface area contributed by atoms with Crippen molar-refractivity contribution in [2.45, 2.75) is 12.7 Å². The van der Waals surface area contributed by atoms with Gasteiger partial charge in [0.25, 0.3) is 0 Å². The van der Waals surface area contributed by atoms with Crippen LogP contribution in [0.25, 0.3) is 0 Å². The van der Waals surface area contributed by atoms with Gasteiger partial charge in [0, 0.05) is 12.2 Å². The molecule has 20 heavy (non-hydrogen) atoms. The van der Waals surface area contributed by atoms with Gasteiger partial charge in [0.1, 0.15) is 5.82 Å². The van der Waals surface area contributed by atoms with Crippen molar-refractivity contribution in [3.05, 3.63) is 66.0 Å². The van der Waals surface area contributed by atoms with Gasteiger partial charge in [-0.3, -0.25) is 0 Å². The molecule has 0 saturated carbocycles. The number of aliphatic hydroxyl groups is 1. The molecule has 0 saturated heterocycles. The molecule has 2 aromatic rings. The lowest BCUT2D eigenvalue weighted by Crippen LogP contribution is -2.24. The Kier molecular flexibility index (Phi) is 5.53. The van der Waals surface area contributed by atoms with Crippen LogP contribution in [0.1, 0.15) is 5.56 Å². The highest BCUT2D eigenvalue weighted by Gasteiger charge is 2.04. The van der Waals surface area contributed by atoms with Gasteiger partial charge in [-0.05, 0) is 29.8 Å². The van der Waals surface area contributed by atoms with Crippen LogP contribution in [0.3, 0.4) is 0 Å². The van der Waals surface area contributed by atoms with Crippen molar-refractivity contribution < 1.29 is 14.2 Å². The molecule has 2 aromatic carbocycles. The Hall–Kier alpha value is -1.91. The van der Waals surface area contributed by atoms with Crippen LogP contribution in [0.2, 0.25) is 0 Å². The summed E-state index contributed by atoms with van der Waals surface area (Å²) >= 11 is 0. The van der Waals surface area contributed by atoms with E-state index in [0.717, 1.165) is 11.3 Å². The fourth-order valence-electron chi connectivity index (χ4n) is 1.75. The summed E-state index contributed by atoms with van der Waals surface area (Å²) in [5, 5.41) is 12.8. The minimum atomic E-state index is -0.608. The van der Waals surface area contributed by atoms with Gasteiger partial charge in [-0.15, -0.1) is 0 Å². The SMILES string of the molecule is OC(CNc1ccc(F)cc1)COCc1ccccc1. The summed E-state index contributed by atoms with van der Waals surface area (Å²) in [4.78, 5) is 0. The first-order valence-corrected chi connectivity index (χ1v) is 6.53. The first-order valence-electron chi connectivity index (χ1n) is 6.53. The number of hydrogen-bond acceptors (Lipinski definition) is 3. The molecule has 0 aliphatic rings. The topological polar surface area (TPSA) is 41.5 Å². The molecule has 0 amide bonds. The molecule has 4 heteroatoms. The van der Waals surface area contributed by atoms with Crippen molar-refractivity contribution >= 4 is 5.69 Å². The molecular formula is C16H18FNO2. The Balaban J connectivity index is 1.65. The van der Waals surface area contributed by atoms with Gasteiger partial charge in [0.2, 0.25) is 0 Å². The molecular weight excluding hydrogens is 257 g/mol. The second kappa shape index (κ2) is 7.62. The van der Waals surface area contributed by atoms with E-state index in [9.17, 15) is 9.50 Å². The zero-order valence-corrected chi connectivity index (χ0v) is 11.1. The maximum atomic E-state index is 12.7. The Bertz CT molecular complexity index is 502. The van der Waals surface area contributed by atoms with Crippen LogP contribution < -0.4 is 5.32 Å². The molecule has 0 aliphatic heterocycles. The van der Waals surface area contributed by atoms with E-state index in [0.29, 0.717) is 13.2 Å².